The van der Waals surface area contributed by atoms with Crippen molar-refractivity contribution < 1.29 is 22.4 Å². The van der Waals surface area contributed by atoms with Gasteiger partial charge in [-0.25, -0.2) is 8.42 Å². The topological polar surface area (TPSA) is 123 Å². The lowest BCUT2D eigenvalue weighted by Crippen LogP contribution is -2.42. The number of fused-ring (bicyclic) bond motifs is 1. The number of benzene rings is 2. The van der Waals surface area contributed by atoms with Gasteiger partial charge in [-0.15, -0.1) is 0 Å². The van der Waals surface area contributed by atoms with E-state index in [0.29, 0.717) is 35.9 Å². The standard InChI is InChI=1S/C23H25N3O5S/c1-14-11-15(2)13-26(12-14)32(29,30)17-9-7-16(8-10-17)23(28)25-20-18-5-3-4-6-19(18)31-21(20)22(24)27/h3-10,14-15H,11-13H2,1-2H3,(H2,24,27)(H,25,28)/t14-,15-/m1/s1. The average Bonchev–Trinajstić information content (AvgIpc) is 3.12. The number of piperidine rings is 1. The monoisotopic (exact) mass is 455 g/mol. The molecule has 4 rings (SSSR count). The van der Waals surface area contributed by atoms with E-state index in [-0.39, 0.29) is 21.9 Å². The van der Waals surface area contributed by atoms with Crippen LogP contribution in [-0.4, -0.2) is 37.6 Å². The zero-order valence-corrected chi connectivity index (χ0v) is 18.7. The Balaban J connectivity index is 1.58. The molecule has 1 saturated heterocycles. The fraction of sp³-hybridized carbons (Fsp3) is 0.304. The number of hydrogen-bond acceptors (Lipinski definition) is 5. The fourth-order valence-electron chi connectivity index (χ4n) is 4.26. The number of hydrogen-bond donors (Lipinski definition) is 2. The molecule has 3 aromatic rings. The van der Waals surface area contributed by atoms with Crippen molar-refractivity contribution in [3.8, 4) is 0 Å². The van der Waals surface area contributed by atoms with Crippen LogP contribution in [0.2, 0.25) is 0 Å². The van der Waals surface area contributed by atoms with Gasteiger partial charge in [0.15, 0.2) is 0 Å². The van der Waals surface area contributed by atoms with Crippen molar-refractivity contribution in [3.63, 3.8) is 0 Å². The highest BCUT2D eigenvalue weighted by atomic mass is 32.2. The molecule has 2 aromatic carbocycles. The molecular formula is C23H25N3O5S. The maximum atomic E-state index is 13.0. The zero-order chi connectivity index (χ0) is 23.0. The van der Waals surface area contributed by atoms with Gasteiger partial charge in [0.05, 0.1) is 4.90 Å². The third-order valence-corrected chi connectivity index (χ3v) is 7.49. The van der Waals surface area contributed by atoms with Crippen molar-refractivity contribution in [2.45, 2.75) is 25.2 Å². The minimum atomic E-state index is -3.64. The lowest BCUT2D eigenvalue weighted by Gasteiger charge is -2.34. The van der Waals surface area contributed by atoms with E-state index < -0.39 is 21.8 Å². The number of anilines is 1. The van der Waals surface area contributed by atoms with Crippen molar-refractivity contribution in [1.29, 1.82) is 0 Å². The van der Waals surface area contributed by atoms with Crippen LogP contribution in [0, 0.1) is 11.8 Å². The van der Waals surface area contributed by atoms with E-state index in [2.05, 4.69) is 5.32 Å². The van der Waals surface area contributed by atoms with Gasteiger partial charge >= 0.3 is 0 Å². The number of rotatable bonds is 5. The molecule has 1 aromatic heterocycles. The Morgan fingerprint density at radius 1 is 1.03 bits per heavy atom. The number of sulfonamides is 1. The van der Waals surface area contributed by atoms with Crippen molar-refractivity contribution in [2.24, 2.45) is 17.6 Å². The second-order valence-corrected chi connectivity index (χ2v) is 10.4. The van der Waals surface area contributed by atoms with Crippen LogP contribution in [0.1, 0.15) is 41.2 Å². The molecule has 9 heteroatoms. The van der Waals surface area contributed by atoms with Gasteiger partial charge in [-0.2, -0.15) is 4.31 Å². The number of nitrogens with one attached hydrogen (secondary N) is 1. The molecule has 0 spiro atoms. The van der Waals surface area contributed by atoms with Crippen LogP contribution in [-0.2, 0) is 10.0 Å². The van der Waals surface area contributed by atoms with E-state index in [9.17, 15) is 18.0 Å². The molecule has 2 heterocycles. The molecule has 1 aliphatic rings. The molecule has 0 saturated carbocycles. The minimum Gasteiger partial charge on any atom is -0.449 e. The molecule has 0 unspecified atom stereocenters. The molecule has 168 valence electrons. The third kappa shape index (κ3) is 4.13. The van der Waals surface area contributed by atoms with Gasteiger partial charge in [0, 0.05) is 24.0 Å². The first-order chi connectivity index (χ1) is 15.2. The van der Waals surface area contributed by atoms with Gasteiger partial charge < -0.3 is 15.5 Å². The molecule has 0 aliphatic carbocycles. The number of nitrogens with two attached hydrogens (primary N) is 1. The molecule has 0 bridgehead atoms. The molecule has 1 aliphatic heterocycles. The predicted molar refractivity (Wildman–Crippen MR) is 121 cm³/mol. The van der Waals surface area contributed by atoms with E-state index in [1.54, 1.807) is 24.3 Å². The second kappa shape index (κ2) is 8.40. The summed E-state index contributed by atoms with van der Waals surface area (Å²) >= 11 is 0. The average molecular weight is 456 g/mol. The summed E-state index contributed by atoms with van der Waals surface area (Å²) in [5, 5.41) is 3.21. The van der Waals surface area contributed by atoms with Gasteiger partial charge in [-0.1, -0.05) is 26.0 Å². The fourth-order valence-corrected chi connectivity index (χ4v) is 5.94. The quantitative estimate of drug-likeness (QED) is 0.610. The molecule has 2 atom stereocenters. The summed E-state index contributed by atoms with van der Waals surface area (Å²) in [5.41, 5.74) is 6.24. The first kappa shape index (κ1) is 22.0. The first-order valence-corrected chi connectivity index (χ1v) is 11.8. The Hall–Kier alpha value is -3.17. The molecule has 32 heavy (non-hydrogen) atoms. The summed E-state index contributed by atoms with van der Waals surface area (Å²) in [6.07, 6.45) is 1.00. The summed E-state index contributed by atoms with van der Waals surface area (Å²) in [6, 6.07) is 12.6. The van der Waals surface area contributed by atoms with Crippen molar-refractivity contribution in [2.75, 3.05) is 18.4 Å². The van der Waals surface area contributed by atoms with Crippen LogP contribution >= 0.6 is 0 Å². The Morgan fingerprint density at radius 2 is 1.66 bits per heavy atom. The van der Waals surface area contributed by atoms with Crippen LogP contribution in [0.15, 0.2) is 57.8 Å². The van der Waals surface area contributed by atoms with Gasteiger partial charge in [0.25, 0.3) is 11.8 Å². The highest BCUT2D eigenvalue weighted by molar-refractivity contribution is 7.89. The molecule has 3 N–H and O–H groups in total. The number of primary amides is 1. The first-order valence-electron chi connectivity index (χ1n) is 10.4. The molecule has 1 fully saturated rings. The van der Waals surface area contributed by atoms with E-state index in [1.165, 1.54) is 28.6 Å². The van der Waals surface area contributed by atoms with Gasteiger partial charge in [0.1, 0.15) is 11.3 Å². The summed E-state index contributed by atoms with van der Waals surface area (Å²) in [4.78, 5) is 24.7. The Kier molecular flexibility index (Phi) is 5.79. The minimum absolute atomic E-state index is 0.141. The maximum Gasteiger partial charge on any atom is 0.286 e. The Morgan fingerprint density at radius 3 is 2.28 bits per heavy atom. The summed E-state index contributed by atoms with van der Waals surface area (Å²) in [6.45, 7) is 5.06. The van der Waals surface area contributed by atoms with Crippen molar-refractivity contribution >= 4 is 38.5 Å². The van der Waals surface area contributed by atoms with Gasteiger partial charge in [-0.3, -0.25) is 9.59 Å². The van der Waals surface area contributed by atoms with Gasteiger partial charge in [0.2, 0.25) is 15.8 Å². The number of para-hydroxylation sites is 1. The molecule has 8 nitrogen and oxygen atoms in total. The smallest absolute Gasteiger partial charge is 0.286 e. The number of amides is 2. The number of carbonyl (C=O) groups is 2. The summed E-state index contributed by atoms with van der Waals surface area (Å²) in [7, 11) is -3.64. The highest BCUT2D eigenvalue weighted by Gasteiger charge is 2.31. The lowest BCUT2D eigenvalue weighted by atomic mass is 9.94. The summed E-state index contributed by atoms with van der Waals surface area (Å²) in [5.74, 6) is -0.871. The van der Waals surface area contributed by atoms with Crippen LogP contribution in [0.25, 0.3) is 11.0 Å². The van der Waals surface area contributed by atoms with E-state index in [4.69, 9.17) is 10.2 Å². The van der Waals surface area contributed by atoms with E-state index in [1.807, 2.05) is 13.8 Å². The van der Waals surface area contributed by atoms with Crippen LogP contribution in [0.5, 0.6) is 0 Å². The zero-order valence-electron chi connectivity index (χ0n) is 17.9. The molecule has 2 amide bonds. The summed E-state index contributed by atoms with van der Waals surface area (Å²) < 4.78 is 33.1. The number of furan rings is 1. The largest absolute Gasteiger partial charge is 0.449 e. The third-order valence-electron chi connectivity index (χ3n) is 5.65. The Labute approximate surface area is 186 Å². The van der Waals surface area contributed by atoms with Crippen LogP contribution in [0.4, 0.5) is 5.69 Å². The van der Waals surface area contributed by atoms with Gasteiger partial charge in [-0.05, 0) is 54.7 Å². The van der Waals surface area contributed by atoms with Crippen molar-refractivity contribution in [3.05, 3.63) is 59.9 Å². The highest BCUT2D eigenvalue weighted by Crippen LogP contribution is 2.31. The lowest BCUT2D eigenvalue weighted by molar-refractivity contribution is 0.0977. The number of nitrogens with zero attached hydrogens (tertiary/aromatic N) is 1. The number of carbonyl (C=O) groups excluding carboxylic acids is 2. The second-order valence-electron chi connectivity index (χ2n) is 8.41. The molecule has 0 radical (unpaired) electrons. The van der Waals surface area contributed by atoms with E-state index >= 15 is 0 Å². The SMILES string of the molecule is C[C@@H]1C[C@@H](C)CN(S(=O)(=O)c2ccc(C(=O)Nc3c(C(N)=O)oc4ccccc34)cc2)C1. The predicted octanol–water partition coefficient (Wildman–Crippen LogP) is 3.45. The van der Waals surface area contributed by atoms with Crippen LogP contribution in [0.3, 0.4) is 0 Å². The molecular weight excluding hydrogens is 430 g/mol. The Bertz CT molecular complexity index is 1270. The van der Waals surface area contributed by atoms with Crippen LogP contribution < -0.4 is 11.1 Å². The maximum absolute atomic E-state index is 13.0. The van der Waals surface area contributed by atoms with Crippen molar-refractivity contribution in [1.82, 2.24) is 4.31 Å². The van der Waals surface area contributed by atoms with E-state index in [0.717, 1.165) is 6.42 Å². The normalized spacial score (nSPS) is 19.7.